The van der Waals surface area contributed by atoms with E-state index in [1.54, 1.807) is 48.5 Å². The molecule has 2 aliphatic rings. The van der Waals surface area contributed by atoms with Crippen LogP contribution in [0.4, 0.5) is 4.79 Å². The third kappa shape index (κ3) is 4.11. The maximum atomic E-state index is 12.6. The summed E-state index contributed by atoms with van der Waals surface area (Å²) in [6.07, 6.45) is 1.64. The lowest BCUT2D eigenvalue weighted by atomic mass is 10.2. The number of carbonyl (C=O) groups is 3. The SMILES string of the molecule is COc1cccc(C(=O)NCCN2C(=O)S/C(=C\c3ccc4c(c3)OCO4)C2=O)c1. The highest BCUT2D eigenvalue weighted by molar-refractivity contribution is 8.18. The zero-order valence-corrected chi connectivity index (χ0v) is 16.9. The van der Waals surface area contributed by atoms with E-state index in [2.05, 4.69) is 5.32 Å². The number of nitrogens with one attached hydrogen (secondary N) is 1. The van der Waals surface area contributed by atoms with Crippen molar-refractivity contribution in [2.75, 3.05) is 27.0 Å². The number of thioether (sulfide) groups is 1. The van der Waals surface area contributed by atoms with E-state index in [0.29, 0.717) is 27.7 Å². The molecular formula is C21H18N2O6S. The first-order chi connectivity index (χ1) is 14.5. The molecule has 1 N–H and O–H groups in total. The first kappa shape index (κ1) is 19.8. The van der Waals surface area contributed by atoms with Gasteiger partial charge in [-0.2, -0.15) is 0 Å². The summed E-state index contributed by atoms with van der Waals surface area (Å²) in [5.41, 5.74) is 1.17. The van der Waals surface area contributed by atoms with Crippen molar-refractivity contribution in [1.29, 1.82) is 0 Å². The lowest BCUT2D eigenvalue weighted by Crippen LogP contribution is -2.37. The molecule has 4 rings (SSSR count). The standard InChI is InChI=1S/C21H18N2O6S/c1-27-15-4-2-3-14(11-15)19(24)22-7-8-23-20(25)18(30-21(23)26)10-13-5-6-16-17(9-13)29-12-28-16/h2-6,9-11H,7-8,12H2,1H3,(H,22,24)/b18-10-. The van der Waals surface area contributed by atoms with Gasteiger partial charge in [0.15, 0.2) is 11.5 Å². The summed E-state index contributed by atoms with van der Waals surface area (Å²) in [5, 5.41) is 2.34. The van der Waals surface area contributed by atoms with Gasteiger partial charge >= 0.3 is 0 Å². The van der Waals surface area contributed by atoms with Gasteiger partial charge in [-0.15, -0.1) is 0 Å². The zero-order valence-electron chi connectivity index (χ0n) is 16.0. The number of amides is 3. The number of methoxy groups -OCH3 is 1. The van der Waals surface area contributed by atoms with E-state index in [0.717, 1.165) is 22.2 Å². The van der Waals surface area contributed by atoms with Crippen molar-refractivity contribution in [3.63, 3.8) is 0 Å². The third-order valence-electron chi connectivity index (χ3n) is 4.52. The summed E-state index contributed by atoms with van der Waals surface area (Å²) in [6, 6.07) is 12.0. The molecule has 2 aromatic carbocycles. The quantitative estimate of drug-likeness (QED) is 0.710. The second kappa shape index (κ2) is 8.50. The maximum Gasteiger partial charge on any atom is 0.293 e. The van der Waals surface area contributed by atoms with Gasteiger partial charge in [-0.3, -0.25) is 19.3 Å². The summed E-state index contributed by atoms with van der Waals surface area (Å²) >= 11 is 0.867. The lowest BCUT2D eigenvalue weighted by molar-refractivity contribution is -0.122. The molecule has 2 heterocycles. The van der Waals surface area contributed by atoms with Gasteiger partial charge in [0, 0.05) is 18.7 Å². The number of rotatable bonds is 6. The van der Waals surface area contributed by atoms with E-state index in [4.69, 9.17) is 14.2 Å². The minimum atomic E-state index is -0.390. The Hall–Kier alpha value is -3.46. The molecule has 0 aromatic heterocycles. The zero-order chi connectivity index (χ0) is 21.1. The smallest absolute Gasteiger partial charge is 0.293 e. The normalized spacial score (nSPS) is 16.3. The predicted octanol–water partition coefficient (Wildman–Crippen LogP) is 2.89. The van der Waals surface area contributed by atoms with Crippen LogP contribution in [0.15, 0.2) is 47.4 Å². The topological polar surface area (TPSA) is 94.2 Å². The largest absolute Gasteiger partial charge is 0.497 e. The Kier molecular flexibility index (Phi) is 5.62. The van der Waals surface area contributed by atoms with Crippen LogP contribution in [0.3, 0.4) is 0 Å². The van der Waals surface area contributed by atoms with Gasteiger partial charge in [0.25, 0.3) is 17.1 Å². The molecule has 2 aliphatic heterocycles. The van der Waals surface area contributed by atoms with Crippen molar-refractivity contribution in [3.8, 4) is 17.2 Å². The van der Waals surface area contributed by atoms with E-state index in [-0.39, 0.29) is 31.0 Å². The predicted molar refractivity (Wildman–Crippen MR) is 111 cm³/mol. The number of ether oxygens (including phenoxy) is 3. The molecule has 1 fully saturated rings. The Labute approximate surface area is 176 Å². The van der Waals surface area contributed by atoms with Crippen molar-refractivity contribution in [2.24, 2.45) is 0 Å². The Morgan fingerprint density at radius 2 is 2.03 bits per heavy atom. The number of hydrogen-bond donors (Lipinski definition) is 1. The first-order valence-corrected chi connectivity index (χ1v) is 9.94. The van der Waals surface area contributed by atoms with Crippen LogP contribution in [0.2, 0.25) is 0 Å². The van der Waals surface area contributed by atoms with Crippen LogP contribution < -0.4 is 19.5 Å². The average molecular weight is 426 g/mol. The van der Waals surface area contributed by atoms with Crippen molar-refractivity contribution in [2.45, 2.75) is 0 Å². The van der Waals surface area contributed by atoms with E-state index in [9.17, 15) is 14.4 Å². The molecule has 0 unspecified atom stereocenters. The second-order valence-corrected chi connectivity index (χ2v) is 7.43. The maximum absolute atomic E-state index is 12.6. The number of benzene rings is 2. The number of carbonyl (C=O) groups excluding carboxylic acids is 3. The molecule has 154 valence electrons. The molecule has 0 aliphatic carbocycles. The molecule has 3 amide bonds. The van der Waals surface area contributed by atoms with Crippen molar-refractivity contribution >= 4 is 34.9 Å². The van der Waals surface area contributed by atoms with Gasteiger partial charge in [-0.05, 0) is 53.7 Å². The highest BCUT2D eigenvalue weighted by atomic mass is 32.2. The summed E-state index contributed by atoms with van der Waals surface area (Å²) < 4.78 is 15.7. The molecule has 1 saturated heterocycles. The summed E-state index contributed by atoms with van der Waals surface area (Å²) in [4.78, 5) is 38.6. The van der Waals surface area contributed by atoms with Gasteiger partial charge in [0.1, 0.15) is 5.75 Å². The van der Waals surface area contributed by atoms with Crippen LogP contribution in [0.25, 0.3) is 6.08 Å². The molecule has 2 aromatic rings. The molecule has 8 nitrogen and oxygen atoms in total. The van der Waals surface area contributed by atoms with E-state index in [1.807, 2.05) is 0 Å². The van der Waals surface area contributed by atoms with E-state index >= 15 is 0 Å². The van der Waals surface area contributed by atoms with E-state index < -0.39 is 5.91 Å². The number of fused-ring (bicyclic) bond motifs is 1. The van der Waals surface area contributed by atoms with Crippen LogP contribution in [-0.4, -0.2) is 48.9 Å². The van der Waals surface area contributed by atoms with E-state index in [1.165, 1.54) is 7.11 Å². The first-order valence-electron chi connectivity index (χ1n) is 9.12. The van der Waals surface area contributed by atoms with Crippen LogP contribution in [0, 0.1) is 0 Å². The van der Waals surface area contributed by atoms with Gasteiger partial charge in [0.2, 0.25) is 6.79 Å². The monoisotopic (exact) mass is 426 g/mol. The number of nitrogens with zero attached hydrogens (tertiary/aromatic N) is 1. The van der Waals surface area contributed by atoms with Crippen molar-refractivity contribution < 1.29 is 28.6 Å². The number of imide groups is 1. The van der Waals surface area contributed by atoms with Crippen LogP contribution in [-0.2, 0) is 4.79 Å². The van der Waals surface area contributed by atoms with Crippen molar-refractivity contribution in [3.05, 3.63) is 58.5 Å². The van der Waals surface area contributed by atoms with Gasteiger partial charge in [0.05, 0.1) is 12.0 Å². The van der Waals surface area contributed by atoms with Gasteiger partial charge in [-0.25, -0.2) is 0 Å². The highest BCUT2D eigenvalue weighted by Crippen LogP contribution is 2.36. The molecule has 0 saturated carbocycles. The summed E-state index contributed by atoms with van der Waals surface area (Å²) in [7, 11) is 1.52. The Bertz CT molecular complexity index is 1050. The van der Waals surface area contributed by atoms with Crippen LogP contribution in [0.1, 0.15) is 15.9 Å². The Morgan fingerprint density at radius 1 is 1.20 bits per heavy atom. The summed E-state index contributed by atoms with van der Waals surface area (Å²) in [6.45, 7) is 0.390. The molecule has 9 heteroatoms. The Balaban J connectivity index is 1.36. The van der Waals surface area contributed by atoms with Crippen LogP contribution >= 0.6 is 11.8 Å². The lowest BCUT2D eigenvalue weighted by Gasteiger charge is -2.13. The number of hydrogen-bond acceptors (Lipinski definition) is 7. The molecule has 0 bridgehead atoms. The summed E-state index contributed by atoms with van der Waals surface area (Å²) in [5.74, 6) is 1.12. The average Bonchev–Trinajstić information content (AvgIpc) is 3.33. The molecule has 0 atom stereocenters. The van der Waals surface area contributed by atoms with Crippen LogP contribution in [0.5, 0.6) is 17.2 Å². The van der Waals surface area contributed by atoms with Gasteiger partial charge in [-0.1, -0.05) is 12.1 Å². The van der Waals surface area contributed by atoms with Gasteiger partial charge < -0.3 is 19.5 Å². The molecule has 30 heavy (non-hydrogen) atoms. The highest BCUT2D eigenvalue weighted by Gasteiger charge is 2.34. The molecule has 0 radical (unpaired) electrons. The molecular weight excluding hydrogens is 408 g/mol. The fraction of sp³-hybridized carbons (Fsp3) is 0.190. The minimum absolute atomic E-state index is 0.0822. The second-order valence-electron chi connectivity index (χ2n) is 6.43. The molecule has 0 spiro atoms. The Morgan fingerprint density at radius 3 is 2.87 bits per heavy atom. The van der Waals surface area contributed by atoms with Crippen molar-refractivity contribution in [1.82, 2.24) is 10.2 Å². The third-order valence-corrected chi connectivity index (χ3v) is 5.43. The fourth-order valence-electron chi connectivity index (χ4n) is 2.99. The minimum Gasteiger partial charge on any atom is -0.497 e. The fourth-order valence-corrected chi connectivity index (χ4v) is 3.86.